The van der Waals surface area contributed by atoms with E-state index in [0.29, 0.717) is 29.2 Å². The average molecular weight is 351 g/mol. The maximum absolute atomic E-state index is 11.5. The molecule has 0 amide bonds. The summed E-state index contributed by atoms with van der Waals surface area (Å²) in [6.07, 6.45) is 2.90. The molecule has 0 bridgehead atoms. The van der Waals surface area contributed by atoms with Crippen LogP contribution in [0.4, 0.5) is 0 Å². The van der Waals surface area contributed by atoms with E-state index in [1.54, 1.807) is 6.07 Å². The normalized spacial score (nSPS) is 19.6. The SMILES string of the molecule is CC(NC1CCN(S(C)(=O)=O)CC1)c1ccc(Cl)c(Cl)c1. The molecule has 0 aromatic heterocycles. The first-order chi connectivity index (χ1) is 9.77. The second-order valence-electron chi connectivity index (χ2n) is 5.50. The number of halogens is 2. The van der Waals surface area contributed by atoms with Crippen molar-refractivity contribution in [3.63, 3.8) is 0 Å². The van der Waals surface area contributed by atoms with Crippen LogP contribution in [-0.2, 0) is 10.0 Å². The highest BCUT2D eigenvalue weighted by Gasteiger charge is 2.25. The van der Waals surface area contributed by atoms with Gasteiger partial charge >= 0.3 is 0 Å². The van der Waals surface area contributed by atoms with E-state index in [1.807, 2.05) is 12.1 Å². The smallest absolute Gasteiger partial charge is 0.211 e. The van der Waals surface area contributed by atoms with E-state index in [2.05, 4.69) is 12.2 Å². The molecule has 4 nitrogen and oxygen atoms in total. The van der Waals surface area contributed by atoms with Gasteiger partial charge in [0.25, 0.3) is 0 Å². The number of hydrogen-bond donors (Lipinski definition) is 1. The summed E-state index contributed by atoms with van der Waals surface area (Å²) >= 11 is 12.0. The predicted molar refractivity (Wildman–Crippen MR) is 87.5 cm³/mol. The lowest BCUT2D eigenvalue weighted by Crippen LogP contribution is -2.45. The van der Waals surface area contributed by atoms with Gasteiger partial charge in [-0.1, -0.05) is 29.3 Å². The van der Waals surface area contributed by atoms with E-state index >= 15 is 0 Å². The van der Waals surface area contributed by atoms with Crippen LogP contribution in [0.25, 0.3) is 0 Å². The van der Waals surface area contributed by atoms with Crippen LogP contribution in [0.3, 0.4) is 0 Å². The molecular formula is C14H20Cl2N2O2S. The van der Waals surface area contributed by atoms with Gasteiger partial charge in [-0.2, -0.15) is 0 Å². The highest BCUT2D eigenvalue weighted by Crippen LogP contribution is 2.26. The first-order valence-corrected chi connectivity index (χ1v) is 9.54. The van der Waals surface area contributed by atoms with Gasteiger partial charge in [-0.25, -0.2) is 12.7 Å². The van der Waals surface area contributed by atoms with Gasteiger partial charge < -0.3 is 5.32 Å². The fraction of sp³-hybridized carbons (Fsp3) is 0.571. The Hall–Kier alpha value is -0.330. The summed E-state index contributed by atoms with van der Waals surface area (Å²) < 4.78 is 24.5. The molecule has 1 aliphatic heterocycles. The molecule has 1 atom stereocenters. The number of benzene rings is 1. The molecule has 1 aromatic rings. The van der Waals surface area contributed by atoms with Crippen LogP contribution in [0.1, 0.15) is 31.4 Å². The standard InChI is InChI=1S/C14H20Cl2N2O2S/c1-10(11-3-4-13(15)14(16)9-11)17-12-5-7-18(8-6-12)21(2,19)20/h3-4,9-10,12,17H,5-8H2,1-2H3. The largest absolute Gasteiger partial charge is 0.307 e. The van der Waals surface area contributed by atoms with Crippen LogP contribution in [-0.4, -0.2) is 38.1 Å². The molecular weight excluding hydrogens is 331 g/mol. The van der Waals surface area contributed by atoms with Crippen LogP contribution >= 0.6 is 23.2 Å². The number of nitrogens with zero attached hydrogens (tertiary/aromatic N) is 1. The third-order valence-corrected chi connectivity index (χ3v) is 5.89. The summed E-state index contributed by atoms with van der Waals surface area (Å²) in [4.78, 5) is 0. The Kier molecular flexibility index (Phi) is 5.54. The van der Waals surface area contributed by atoms with E-state index in [1.165, 1.54) is 10.6 Å². The minimum atomic E-state index is -3.07. The van der Waals surface area contributed by atoms with Gasteiger partial charge in [0.15, 0.2) is 0 Å². The van der Waals surface area contributed by atoms with Crippen LogP contribution in [0.15, 0.2) is 18.2 Å². The number of rotatable bonds is 4. The number of nitrogens with one attached hydrogen (secondary N) is 1. The van der Waals surface area contributed by atoms with Crippen molar-refractivity contribution in [1.29, 1.82) is 0 Å². The zero-order valence-electron chi connectivity index (χ0n) is 12.1. The number of sulfonamides is 1. The molecule has 21 heavy (non-hydrogen) atoms. The Balaban J connectivity index is 1.92. The molecule has 0 radical (unpaired) electrons. The summed E-state index contributed by atoms with van der Waals surface area (Å²) in [5.74, 6) is 0. The minimum absolute atomic E-state index is 0.148. The zero-order chi connectivity index (χ0) is 15.6. The highest BCUT2D eigenvalue weighted by molar-refractivity contribution is 7.88. The van der Waals surface area contributed by atoms with Gasteiger partial charge in [-0.3, -0.25) is 0 Å². The number of piperidine rings is 1. The molecule has 1 aromatic carbocycles. The van der Waals surface area contributed by atoms with Crippen LogP contribution in [0.5, 0.6) is 0 Å². The Bertz CT molecular complexity index is 599. The van der Waals surface area contributed by atoms with E-state index in [9.17, 15) is 8.42 Å². The Labute approximate surface area is 136 Å². The molecule has 1 N–H and O–H groups in total. The Morgan fingerprint density at radius 1 is 1.24 bits per heavy atom. The summed E-state index contributed by atoms with van der Waals surface area (Å²) in [5, 5.41) is 4.63. The third kappa shape index (κ3) is 4.57. The van der Waals surface area contributed by atoms with Crippen molar-refractivity contribution >= 4 is 33.2 Å². The second kappa shape index (κ2) is 6.84. The van der Waals surface area contributed by atoms with Crippen molar-refractivity contribution in [1.82, 2.24) is 9.62 Å². The van der Waals surface area contributed by atoms with Crippen LogP contribution in [0.2, 0.25) is 10.0 Å². The average Bonchev–Trinajstić information content (AvgIpc) is 2.41. The summed E-state index contributed by atoms with van der Waals surface area (Å²) in [6, 6.07) is 6.08. The highest BCUT2D eigenvalue weighted by atomic mass is 35.5. The molecule has 0 spiro atoms. The van der Waals surface area contributed by atoms with Crippen LogP contribution < -0.4 is 5.32 Å². The Morgan fingerprint density at radius 3 is 2.38 bits per heavy atom. The molecule has 1 heterocycles. The molecule has 118 valence electrons. The first kappa shape index (κ1) is 17.0. The van der Waals surface area contributed by atoms with Crippen LogP contribution in [0, 0.1) is 0 Å². The molecule has 1 unspecified atom stereocenters. The first-order valence-electron chi connectivity index (χ1n) is 6.93. The summed E-state index contributed by atoms with van der Waals surface area (Å²) in [6.45, 7) is 3.22. The van der Waals surface area contributed by atoms with Crippen molar-refractivity contribution in [3.05, 3.63) is 33.8 Å². The van der Waals surface area contributed by atoms with Crippen molar-refractivity contribution in [2.75, 3.05) is 19.3 Å². The van der Waals surface area contributed by atoms with E-state index in [0.717, 1.165) is 18.4 Å². The van der Waals surface area contributed by atoms with Gasteiger partial charge in [0.1, 0.15) is 0 Å². The molecule has 7 heteroatoms. The second-order valence-corrected chi connectivity index (χ2v) is 8.30. The van der Waals surface area contributed by atoms with Crippen molar-refractivity contribution in [2.24, 2.45) is 0 Å². The minimum Gasteiger partial charge on any atom is -0.307 e. The molecule has 1 aliphatic rings. The van der Waals surface area contributed by atoms with E-state index < -0.39 is 10.0 Å². The third-order valence-electron chi connectivity index (χ3n) is 3.85. The lowest BCUT2D eigenvalue weighted by molar-refractivity contribution is 0.278. The molecule has 0 saturated carbocycles. The van der Waals surface area contributed by atoms with Gasteiger partial charge in [-0.15, -0.1) is 0 Å². The van der Waals surface area contributed by atoms with E-state index in [-0.39, 0.29) is 6.04 Å². The fourth-order valence-electron chi connectivity index (χ4n) is 2.59. The lowest BCUT2D eigenvalue weighted by atomic mass is 10.0. The molecule has 1 fully saturated rings. The molecule has 0 aliphatic carbocycles. The predicted octanol–water partition coefficient (Wildman–Crippen LogP) is 3.07. The van der Waals surface area contributed by atoms with Gasteiger partial charge in [0.2, 0.25) is 10.0 Å². The summed E-state index contributed by atoms with van der Waals surface area (Å²) in [5.41, 5.74) is 1.08. The fourth-order valence-corrected chi connectivity index (χ4v) is 3.77. The Morgan fingerprint density at radius 2 is 1.86 bits per heavy atom. The number of hydrogen-bond acceptors (Lipinski definition) is 3. The topological polar surface area (TPSA) is 49.4 Å². The van der Waals surface area contributed by atoms with Crippen molar-refractivity contribution < 1.29 is 8.42 Å². The molecule has 1 saturated heterocycles. The monoisotopic (exact) mass is 350 g/mol. The summed E-state index contributed by atoms with van der Waals surface area (Å²) in [7, 11) is -3.07. The van der Waals surface area contributed by atoms with Gasteiger partial charge in [0.05, 0.1) is 16.3 Å². The lowest BCUT2D eigenvalue weighted by Gasteiger charge is -2.32. The maximum Gasteiger partial charge on any atom is 0.211 e. The quantitative estimate of drug-likeness (QED) is 0.907. The van der Waals surface area contributed by atoms with Gasteiger partial charge in [0, 0.05) is 25.2 Å². The maximum atomic E-state index is 11.5. The van der Waals surface area contributed by atoms with Crippen molar-refractivity contribution in [2.45, 2.75) is 31.8 Å². The van der Waals surface area contributed by atoms with Gasteiger partial charge in [-0.05, 0) is 37.5 Å². The van der Waals surface area contributed by atoms with Crippen molar-refractivity contribution in [3.8, 4) is 0 Å². The zero-order valence-corrected chi connectivity index (χ0v) is 14.5. The van der Waals surface area contributed by atoms with E-state index in [4.69, 9.17) is 23.2 Å². The molecule has 2 rings (SSSR count).